The lowest BCUT2D eigenvalue weighted by molar-refractivity contribution is 0.0601. The van der Waals surface area contributed by atoms with Crippen molar-refractivity contribution in [1.82, 2.24) is 4.98 Å². The number of pyridine rings is 1. The number of rotatable bonds is 2. The molecule has 0 saturated carbocycles. The number of hydrogen-bond donors (Lipinski definition) is 0. The zero-order valence-corrected chi connectivity index (χ0v) is 12.4. The van der Waals surface area contributed by atoms with Crippen molar-refractivity contribution >= 4 is 40.8 Å². The first-order chi connectivity index (χ1) is 9.45. The van der Waals surface area contributed by atoms with Gasteiger partial charge in [0.15, 0.2) is 0 Å². The van der Waals surface area contributed by atoms with Gasteiger partial charge < -0.3 is 4.74 Å². The lowest BCUT2D eigenvalue weighted by Crippen LogP contribution is -2.06. The SMILES string of the molecule is COC(=O)c1ccnc(F)c1-c1cc(Cl)c(Cl)cc1Cl. The molecule has 0 aliphatic heterocycles. The Morgan fingerprint density at radius 1 is 1.20 bits per heavy atom. The van der Waals surface area contributed by atoms with Gasteiger partial charge in [0.05, 0.1) is 33.3 Å². The van der Waals surface area contributed by atoms with E-state index in [1.165, 1.54) is 25.3 Å². The number of methoxy groups -OCH3 is 1. The summed E-state index contributed by atoms with van der Waals surface area (Å²) in [5.74, 6) is -1.56. The molecule has 2 aromatic rings. The van der Waals surface area contributed by atoms with Gasteiger partial charge in [-0.25, -0.2) is 9.78 Å². The fourth-order valence-corrected chi connectivity index (χ4v) is 2.33. The summed E-state index contributed by atoms with van der Waals surface area (Å²) in [6, 6.07) is 4.08. The third-order valence-corrected chi connectivity index (χ3v) is 3.62. The number of halogens is 4. The summed E-state index contributed by atoms with van der Waals surface area (Å²) in [6.07, 6.45) is 1.16. The molecule has 104 valence electrons. The summed E-state index contributed by atoms with van der Waals surface area (Å²) in [5.41, 5.74) is 0.135. The van der Waals surface area contributed by atoms with E-state index in [-0.39, 0.29) is 31.8 Å². The second kappa shape index (κ2) is 5.95. The van der Waals surface area contributed by atoms with Crippen LogP contribution in [0.25, 0.3) is 11.1 Å². The summed E-state index contributed by atoms with van der Waals surface area (Å²) in [6.45, 7) is 0. The Bertz CT molecular complexity index is 692. The van der Waals surface area contributed by atoms with E-state index in [9.17, 15) is 9.18 Å². The van der Waals surface area contributed by atoms with Crippen LogP contribution in [0.5, 0.6) is 0 Å². The van der Waals surface area contributed by atoms with Crippen molar-refractivity contribution in [3.8, 4) is 11.1 Å². The maximum Gasteiger partial charge on any atom is 0.338 e. The zero-order chi connectivity index (χ0) is 14.9. The van der Waals surface area contributed by atoms with Crippen LogP contribution >= 0.6 is 34.8 Å². The highest BCUT2D eigenvalue weighted by atomic mass is 35.5. The molecule has 1 aromatic heterocycles. The number of hydrogen-bond acceptors (Lipinski definition) is 3. The summed E-state index contributed by atoms with van der Waals surface area (Å²) < 4.78 is 18.6. The van der Waals surface area contributed by atoms with Gasteiger partial charge in [0.25, 0.3) is 0 Å². The second-order valence-electron chi connectivity index (χ2n) is 3.76. The molecule has 0 amide bonds. The molecule has 1 heterocycles. The van der Waals surface area contributed by atoms with Crippen molar-refractivity contribution in [2.24, 2.45) is 0 Å². The van der Waals surface area contributed by atoms with Gasteiger partial charge in [0, 0.05) is 11.8 Å². The minimum Gasteiger partial charge on any atom is -0.465 e. The maximum atomic E-state index is 14.0. The number of esters is 1. The third kappa shape index (κ3) is 2.73. The molecule has 0 atom stereocenters. The quantitative estimate of drug-likeness (QED) is 0.456. The normalized spacial score (nSPS) is 10.4. The largest absolute Gasteiger partial charge is 0.465 e. The number of carbonyl (C=O) groups is 1. The van der Waals surface area contributed by atoms with E-state index >= 15 is 0 Å². The first-order valence-corrected chi connectivity index (χ1v) is 6.46. The van der Waals surface area contributed by atoms with Crippen molar-refractivity contribution in [2.75, 3.05) is 7.11 Å². The summed E-state index contributed by atoms with van der Waals surface area (Å²) >= 11 is 17.8. The molecule has 7 heteroatoms. The highest BCUT2D eigenvalue weighted by Gasteiger charge is 2.21. The van der Waals surface area contributed by atoms with Gasteiger partial charge in [0.1, 0.15) is 0 Å². The molecule has 0 unspecified atom stereocenters. The van der Waals surface area contributed by atoms with Gasteiger partial charge >= 0.3 is 5.97 Å². The van der Waals surface area contributed by atoms with E-state index in [0.717, 1.165) is 6.20 Å². The lowest BCUT2D eigenvalue weighted by Gasteiger charge is -2.11. The Hall–Kier alpha value is -1.36. The van der Waals surface area contributed by atoms with Crippen molar-refractivity contribution in [2.45, 2.75) is 0 Å². The van der Waals surface area contributed by atoms with Crippen LogP contribution < -0.4 is 0 Å². The average Bonchev–Trinajstić information content (AvgIpc) is 2.42. The van der Waals surface area contributed by atoms with Crippen LogP contribution in [0.3, 0.4) is 0 Å². The number of aromatic nitrogens is 1. The number of carbonyl (C=O) groups excluding carboxylic acids is 1. The second-order valence-corrected chi connectivity index (χ2v) is 4.98. The van der Waals surface area contributed by atoms with Crippen LogP contribution in [-0.2, 0) is 4.74 Å². The van der Waals surface area contributed by atoms with Gasteiger partial charge in [-0.3, -0.25) is 0 Å². The molecule has 0 radical (unpaired) electrons. The summed E-state index contributed by atoms with van der Waals surface area (Å²) in [5, 5.41) is 0.561. The molecule has 0 N–H and O–H groups in total. The molecule has 0 aliphatic carbocycles. The Labute approximate surface area is 129 Å². The lowest BCUT2D eigenvalue weighted by atomic mass is 10.0. The van der Waals surface area contributed by atoms with Crippen molar-refractivity contribution < 1.29 is 13.9 Å². The van der Waals surface area contributed by atoms with Gasteiger partial charge in [-0.2, -0.15) is 4.39 Å². The van der Waals surface area contributed by atoms with Gasteiger partial charge in [0.2, 0.25) is 5.95 Å². The van der Waals surface area contributed by atoms with Crippen LogP contribution in [0.4, 0.5) is 4.39 Å². The molecule has 0 fully saturated rings. The minimum absolute atomic E-state index is 0.000268. The molecule has 2 rings (SSSR count). The van der Waals surface area contributed by atoms with Crippen molar-refractivity contribution in [3.63, 3.8) is 0 Å². The predicted molar refractivity (Wildman–Crippen MR) is 76.0 cm³/mol. The number of ether oxygens (including phenoxy) is 1. The van der Waals surface area contributed by atoms with E-state index in [2.05, 4.69) is 9.72 Å². The van der Waals surface area contributed by atoms with Gasteiger partial charge in [-0.05, 0) is 18.2 Å². The summed E-state index contributed by atoms with van der Waals surface area (Å²) in [7, 11) is 1.20. The summed E-state index contributed by atoms with van der Waals surface area (Å²) in [4.78, 5) is 15.2. The van der Waals surface area contributed by atoms with Gasteiger partial charge in [-0.15, -0.1) is 0 Å². The zero-order valence-electron chi connectivity index (χ0n) is 10.1. The maximum absolute atomic E-state index is 14.0. The highest BCUT2D eigenvalue weighted by molar-refractivity contribution is 6.44. The molecule has 20 heavy (non-hydrogen) atoms. The number of nitrogens with zero attached hydrogens (tertiary/aromatic N) is 1. The molecule has 0 spiro atoms. The molecule has 1 aromatic carbocycles. The molecular weight excluding hydrogens is 328 g/mol. The number of benzene rings is 1. The third-order valence-electron chi connectivity index (χ3n) is 2.59. The van der Waals surface area contributed by atoms with E-state index in [4.69, 9.17) is 34.8 Å². The highest BCUT2D eigenvalue weighted by Crippen LogP contribution is 2.37. The minimum atomic E-state index is -0.854. The van der Waals surface area contributed by atoms with Crippen LogP contribution in [0.15, 0.2) is 24.4 Å². The van der Waals surface area contributed by atoms with E-state index < -0.39 is 11.9 Å². The molecule has 0 aliphatic rings. The average molecular weight is 335 g/mol. The standard InChI is InChI=1S/C13H7Cl3FNO2/c1-20-13(19)6-2-3-18-12(17)11(6)7-4-9(15)10(16)5-8(7)14/h2-5H,1H3. The van der Waals surface area contributed by atoms with Crippen LogP contribution in [0.1, 0.15) is 10.4 Å². The topological polar surface area (TPSA) is 39.2 Å². The monoisotopic (exact) mass is 333 g/mol. The van der Waals surface area contributed by atoms with Crippen molar-refractivity contribution in [3.05, 3.63) is 51.0 Å². The van der Waals surface area contributed by atoms with E-state index in [1.807, 2.05) is 0 Å². The van der Waals surface area contributed by atoms with Crippen LogP contribution in [-0.4, -0.2) is 18.1 Å². The Balaban J connectivity index is 2.75. The van der Waals surface area contributed by atoms with Gasteiger partial charge in [-0.1, -0.05) is 34.8 Å². The molecule has 3 nitrogen and oxygen atoms in total. The van der Waals surface area contributed by atoms with Crippen molar-refractivity contribution in [1.29, 1.82) is 0 Å². The fraction of sp³-hybridized carbons (Fsp3) is 0.0769. The first kappa shape index (κ1) is 15.0. The smallest absolute Gasteiger partial charge is 0.338 e. The molecule has 0 saturated heterocycles. The van der Waals surface area contributed by atoms with Crippen LogP contribution in [0, 0.1) is 5.95 Å². The Kier molecular flexibility index (Phi) is 4.48. The van der Waals surface area contributed by atoms with E-state index in [0.29, 0.717) is 0 Å². The Morgan fingerprint density at radius 2 is 1.85 bits per heavy atom. The first-order valence-electron chi connectivity index (χ1n) is 5.33. The molecule has 0 bridgehead atoms. The van der Waals surface area contributed by atoms with Crippen LogP contribution in [0.2, 0.25) is 15.1 Å². The fourth-order valence-electron chi connectivity index (χ4n) is 1.69. The van der Waals surface area contributed by atoms with E-state index in [1.54, 1.807) is 0 Å². The Morgan fingerprint density at radius 3 is 2.50 bits per heavy atom. The molecular formula is C13H7Cl3FNO2. The predicted octanol–water partition coefficient (Wildman–Crippen LogP) is 4.63.